The van der Waals surface area contributed by atoms with Crippen LogP contribution in [-0.4, -0.2) is 23.0 Å². The maximum Gasteiger partial charge on any atom is 0.238 e. The number of benzene rings is 1. The lowest BCUT2D eigenvalue weighted by Crippen LogP contribution is -2.38. The van der Waals surface area contributed by atoms with Gasteiger partial charge in [0.05, 0.1) is 24.6 Å². The van der Waals surface area contributed by atoms with Crippen molar-refractivity contribution in [1.29, 1.82) is 0 Å². The number of pyridine rings is 1. The molecule has 0 unspecified atom stereocenters. The van der Waals surface area contributed by atoms with Gasteiger partial charge in [-0.3, -0.25) is 10.2 Å². The van der Waals surface area contributed by atoms with Gasteiger partial charge >= 0.3 is 0 Å². The molecule has 1 aliphatic rings. The smallest absolute Gasteiger partial charge is 0.238 e. The predicted molar refractivity (Wildman–Crippen MR) is 98.4 cm³/mol. The summed E-state index contributed by atoms with van der Waals surface area (Å²) in [7, 11) is 1.61. The first kappa shape index (κ1) is 16.5. The Labute approximate surface area is 155 Å². The van der Waals surface area contributed by atoms with E-state index in [0.717, 1.165) is 22.2 Å². The van der Waals surface area contributed by atoms with Gasteiger partial charge in [0.15, 0.2) is 5.76 Å². The van der Waals surface area contributed by atoms with E-state index in [9.17, 15) is 4.79 Å². The van der Waals surface area contributed by atoms with Crippen LogP contribution in [0.5, 0.6) is 5.75 Å². The zero-order chi connectivity index (χ0) is 18.3. The summed E-state index contributed by atoms with van der Waals surface area (Å²) >= 11 is 6.44. The summed E-state index contributed by atoms with van der Waals surface area (Å²) in [6.45, 7) is 1.49. The lowest BCUT2D eigenvalue weighted by Gasteiger charge is -2.24. The second-order valence-electron chi connectivity index (χ2n) is 5.93. The van der Waals surface area contributed by atoms with Crippen molar-refractivity contribution in [3.63, 3.8) is 0 Å². The SMILES string of the molecule is COc1ccc2nc(Cl)c([C@H]3C=C(c4ccco4)NN3C(C)=O)cc2c1. The minimum absolute atomic E-state index is 0.144. The first-order valence-corrected chi connectivity index (χ1v) is 8.41. The third-order valence-electron chi connectivity index (χ3n) is 4.29. The zero-order valence-electron chi connectivity index (χ0n) is 14.2. The molecule has 1 aromatic carbocycles. The Balaban J connectivity index is 1.83. The molecule has 7 heteroatoms. The molecular formula is C19H16ClN3O3. The van der Waals surface area contributed by atoms with E-state index in [4.69, 9.17) is 20.8 Å². The fourth-order valence-corrected chi connectivity index (χ4v) is 3.28. The maximum absolute atomic E-state index is 12.1. The number of nitrogens with zero attached hydrogens (tertiary/aromatic N) is 2. The van der Waals surface area contributed by atoms with Crippen LogP contribution in [0.2, 0.25) is 5.15 Å². The molecule has 3 aromatic rings. The van der Waals surface area contributed by atoms with Gasteiger partial charge in [-0.2, -0.15) is 0 Å². The number of aromatic nitrogens is 1. The molecule has 0 saturated carbocycles. The normalized spacial score (nSPS) is 16.5. The third kappa shape index (κ3) is 2.78. The first-order valence-electron chi connectivity index (χ1n) is 8.03. The van der Waals surface area contributed by atoms with Gasteiger partial charge in [0.25, 0.3) is 0 Å². The van der Waals surface area contributed by atoms with E-state index in [-0.39, 0.29) is 5.91 Å². The lowest BCUT2D eigenvalue weighted by molar-refractivity contribution is -0.132. The van der Waals surface area contributed by atoms with Crippen LogP contribution >= 0.6 is 11.6 Å². The summed E-state index contributed by atoms with van der Waals surface area (Å²) < 4.78 is 10.7. The summed E-state index contributed by atoms with van der Waals surface area (Å²) in [6.07, 6.45) is 3.48. The Morgan fingerprint density at radius 1 is 1.35 bits per heavy atom. The van der Waals surface area contributed by atoms with Crippen molar-refractivity contribution < 1.29 is 13.9 Å². The number of carbonyl (C=O) groups excluding carboxylic acids is 1. The zero-order valence-corrected chi connectivity index (χ0v) is 14.9. The summed E-state index contributed by atoms with van der Waals surface area (Å²) in [6, 6.07) is 10.7. The molecule has 1 N–H and O–H groups in total. The molecule has 0 radical (unpaired) electrons. The standard InChI is InChI=1S/C19H16ClN3O3/c1-11(24)23-17(10-16(22-23)18-4-3-7-26-18)14-9-12-8-13(25-2)5-6-15(12)21-19(14)20/h3-10,17,22H,1-2H3/t17-/m1/s1. The molecule has 0 aliphatic carbocycles. The number of ether oxygens (including phenoxy) is 1. The number of rotatable bonds is 3. The van der Waals surface area contributed by atoms with Crippen LogP contribution in [0.4, 0.5) is 0 Å². The van der Waals surface area contributed by atoms with Crippen LogP contribution in [0.3, 0.4) is 0 Å². The Morgan fingerprint density at radius 3 is 2.88 bits per heavy atom. The van der Waals surface area contributed by atoms with Gasteiger partial charge in [-0.05, 0) is 42.5 Å². The molecule has 1 aliphatic heterocycles. The highest BCUT2D eigenvalue weighted by atomic mass is 35.5. The number of hydrogen-bond donors (Lipinski definition) is 1. The number of amides is 1. The topological polar surface area (TPSA) is 67.6 Å². The van der Waals surface area contributed by atoms with E-state index < -0.39 is 6.04 Å². The average Bonchev–Trinajstić information content (AvgIpc) is 3.30. The second kappa shape index (κ2) is 6.38. The Kier molecular flexibility index (Phi) is 4.05. The van der Waals surface area contributed by atoms with Gasteiger partial charge in [-0.25, -0.2) is 9.99 Å². The number of fused-ring (bicyclic) bond motifs is 1. The van der Waals surface area contributed by atoms with Crippen LogP contribution in [0.1, 0.15) is 24.3 Å². The minimum atomic E-state index is -0.400. The van der Waals surface area contributed by atoms with Crippen molar-refractivity contribution in [2.45, 2.75) is 13.0 Å². The van der Waals surface area contributed by atoms with E-state index in [1.807, 2.05) is 36.4 Å². The van der Waals surface area contributed by atoms with E-state index in [2.05, 4.69) is 10.4 Å². The third-order valence-corrected chi connectivity index (χ3v) is 4.59. The number of carbonyl (C=O) groups is 1. The fraction of sp³-hybridized carbons (Fsp3) is 0.158. The van der Waals surface area contributed by atoms with Crippen LogP contribution in [0.15, 0.2) is 53.2 Å². The summed E-state index contributed by atoms with van der Waals surface area (Å²) in [5.41, 5.74) is 5.26. The first-order chi connectivity index (χ1) is 12.6. The van der Waals surface area contributed by atoms with Crippen molar-refractivity contribution in [2.75, 3.05) is 7.11 Å². The molecule has 1 amide bonds. The molecule has 0 spiro atoms. The molecule has 6 nitrogen and oxygen atoms in total. The Bertz CT molecular complexity index is 1010. The van der Waals surface area contributed by atoms with Gasteiger partial charge < -0.3 is 9.15 Å². The van der Waals surface area contributed by atoms with Gasteiger partial charge in [0.2, 0.25) is 5.91 Å². The predicted octanol–water partition coefficient (Wildman–Crippen LogP) is 3.94. The molecule has 4 rings (SSSR count). The van der Waals surface area contributed by atoms with Gasteiger partial charge in [-0.1, -0.05) is 11.6 Å². The highest BCUT2D eigenvalue weighted by Gasteiger charge is 2.31. The number of methoxy groups -OCH3 is 1. The molecule has 0 bridgehead atoms. The van der Waals surface area contributed by atoms with Crippen LogP contribution in [0.25, 0.3) is 16.6 Å². The van der Waals surface area contributed by atoms with Crippen LogP contribution < -0.4 is 10.2 Å². The minimum Gasteiger partial charge on any atom is -0.497 e. The Hall–Kier alpha value is -2.99. The van der Waals surface area contributed by atoms with Crippen LogP contribution in [0, 0.1) is 0 Å². The number of furan rings is 1. The van der Waals surface area contributed by atoms with Crippen molar-refractivity contribution in [2.24, 2.45) is 0 Å². The van der Waals surface area contributed by atoms with Crippen molar-refractivity contribution in [3.05, 3.63) is 65.2 Å². The summed E-state index contributed by atoms with van der Waals surface area (Å²) in [5.74, 6) is 1.23. The largest absolute Gasteiger partial charge is 0.497 e. The second-order valence-corrected chi connectivity index (χ2v) is 6.29. The maximum atomic E-state index is 12.1. The van der Waals surface area contributed by atoms with Crippen molar-refractivity contribution >= 4 is 34.1 Å². The van der Waals surface area contributed by atoms with Crippen LogP contribution in [-0.2, 0) is 4.79 Å². The molecular weight excluding hydrogens is 354 g/mol. The fourth-order valence-electron chi connectivity index (χ4n) is 3.02. The quantitative estimate of drug-likeness (QED) is 0.708. The van der Waals surface area contributed by atoms with Crippen molar-refractivity contribution in [1.82, 2.24) is 15.4 Å². The molecule has 0 fully saturated rings. The van der Waals surface area contributed by atoms with Gasteiger partial charge in [0, 0.05) is 17.9 Å². The average molecular weight is 370 g/mol. The molecule has 3 heterocycles. The number of hydrogen-bond acceptors (Lipinski definition) is 5. The number of halogens is 1. The summed E-state index contributed by atoms with van der Waals surface area (Å²) in [5, 5.41) is 2.73. The number of nitrogens with one attached hydrogen (secondary N) is 1. The molecule has 1 atom stereocenters. The van der Waals surface area contributed by atoms with E-state index in [0.29, 0.717) is 16.6 Å². The van der Waals surface area contributed by atoms with E-state index in [1.54, 1.807) is 19.4 Å². The van der Waals surface area contributed by atoms with Gasteiger partial charge in [0.1, 0.15) is 16.9 Å². The van der Waals surface area contributed by atoms with E-state index in [1.165, 1.54) is 11.9 Å². The highest BCUT2D eigenvalue weighted by Crippen LogP contribution is 2.36. The molecule has 26 heavy (non-hydrogen) atoms. The van der Waals surface area contributed by atoms with Crippen molar-refractivity contribution in [3.8, 4) is 5.75 Å². The molecule has 0 saturated heterocycles. The molecule has 2 aromatic heterocycles. The monoisotopic (exact) mass is 369 g/mol. The van der Waals surface area contributed by atoms with Gasteiger partial charge in [-0.15, -0.1) is 0 Å². The number of hydrazine groups is 1. The highest BCUT2D eigenvalue weighted by molar-refractivity contribution is 6.30. The lowest BCUT2D eigenvalue weighted by atomic mass is 10.0. The van der Waals surface area contributed by atoms with E-state index >= 15 is 0 Å². The summed E-state index contributed by atoms with van der Waals surface area (Å²) in [4.78, 5) is 16.6. The molecule has 132 valence electrons. The Morgan fingerprint density at radius 2 is 2.19 bits per heavy atom.